The Labute approximate surface area is 133 Å². The van der Waals surface area contributed by atoms with Crippen molar-refractivity contribution in [3.05, 3.63) is 71.8 Å². The number of aliphatic hydroxyl groups excluding tert-OH is 1. The van der Waals surface area contributed by atoms with Crippen molar-refractivity contribution in [3.63, 3.8) is 0 Å². The van der Waals surface area contributed by atoms with Crippen molar-refractivity contribution in [2.24, 2.45) is 0 Å². The summed E-state index contributed by atoms with van der Waals surface area (Å²) in [6, 6.07) is 21.4. The third kappa shape index (κ3) is 3.08. The molecule has 2 aromatic carbocycles. The highest BCUT2D eigenvalue weighted by atomic mass is 16.3. The minimum absolute atomic E-state index is 0.156. The van der Waals surface area contributed by atoms with Gasteiger partial charge in [-0.05, 0) is 37.1 Å². The predicted octanol–water partition coefficient (Wildman–Crippen LogP) is 3.66. The van der Waals surface area contributed by atoms with E-state index in [4.69, 9.17) is 0 Å². The molecule has 0 unspecified atom stereocenters. The molecule has 0 spiro atoms. The van der Waals surface area contributed by atoms with Gasteiger partial charge in [-0.25, -0.2) is 0 Å². The zero-order valence-electron chi connectivity index (χ0n) is 13.2. The van der Waals surface area contributed by atoms with Crippen LogP contribution in [0.25, 0.3) is 0 Å². The quantitative estimate of drug-likeness (QED) is 0.930. The van der Waals surface area contributed by atoms with Crippen LogP contribution in [0.1, 0.15) is 36.8 Å². The van der Waals surface area contributed by atoms with E-state index in [2.05, 4.69) is 72.5 Å². The molecule has 0 aliphatic carbocycles. The second-order valence-electron chi connectivity index (χ2n) is 6.13. The second-order valence-corrected chi connectivity index (χ2v) is 6.13. The number of rotatable bonds is 4. The molecule has 22 heavy (non-hydrogen) atoms. The highest BCUT2D eigenvalue weighted by Crippen LogP contribution is 2.35. The number of aliphatic hydroxyl groups is 1. The summed E-state index contributed by atoms with van der Waals surface area (Å²) in [5.41, 5.74) is 2.58. The predicted molar refractivity (Wildman–Crippen MR) is 91.0 cm³/mol. The van der Waals surface area contributed by atoms with E-state index in [1.807, 2.05) is 0 Å². The van der Waals surface area contributed by atoms with Gasteiger partial charge < -0.3 is 5.11 Å². The first-order valence-electron chi connectivity index (χ1n) is 8.33. The van der Waals surface area contributed by atoms with Crippen molar-refractivity contribution in [3.8, 4) is 0 Å². The van der Waals surface area contributed by atoms with Crippen LogP contribution in [0, 0.1) is 0 Å². The van der Waals surface area contributed by atoms with E-state index < -0.39 is 0 Å². The number of hydrogen-bond acceptors (Lipinski definition) is 2. The van der Waals surface area contributed by atoms with Crippen LogP contribution in [0.15, 0.2) is 60.7 Å². The summed E-state index contributed by atoms with van der Waals surface area (Å²) in [7, 11) is 0. The Kier molecular flexibility index (Phi) is 4.91. The third-order valence-electron chi connectivity index (χ3n) is 4.83. The van der Waals surface area contributed by atoms with E-state index >= 15 is 0 Å². The van der Waals surface area contributed by atoms with Gasteiger partial charge in [0.15, 0.2) is 0 Å². The summed E-state index contributed by atoms with van der Waals surface area (Å²) in [4.78, 5) is 2.44. The van der Waals surface area contributed by atoms with Crippen LogP contribution in [0.2, 0.25) is 0 Å². The largest absolute Gasteiger partial charge is 0.391 e. The molecule has 1 N–H and O–H groups in total. The van der Waals surface area contributed by atoms with Crippen LogP contribution in [-0.2, 0) is 0 Å². The Hall–Kier alpha value is -1.64. The first-order chi connectivity index (χ1) is 10.8. The average Bonchev–Trinajstić information content (AvgIpc) is 2.58. The minimum atomic E-state index is -0.265. The van der Waals surface area contributed by atoms with Crippen LogP contribution >= 0.6 is 0 Å². The molecule has 2 aromatic rings. The molecule has 1 fully saturated rings. The normalized spacial score (nSPS) is 22.9. The van der Waals surface area contributed by atoms with E-state index in [-0.39, 0.29) is 18.1 Å². The Bertz CT molecular complexity index is 529. The smallest absolute Gasteiger partial charge is 0.0705 e. The van der Waals surface area contributed by atoms with Crippen molar-refractivity contribution in [1.82, 2.24) is 4.90 Å². The van der Waals surface area contributed by atoms with Crippen molar-refractivity contribution in [2.75, 3.05) is 13.1 Å². The van der Waals surface area contributed by atoms with E-state index in [0.717, 1.165) is 25.9 Å². The summed E-state index contributed by atoms with van der Waals surface area (Å²) in [6.07, 6.45) is 1.72. The maximum Gasteiger partial charge on any atom is 0.0705 e. The molecule has 0 bridgehead atoms. The fraction of sp³-hybridized carbons (Fsp3) is 0.400. The topological polar surface area (TPSA) is 23.5 Å². The van der Waals surface area contributed by atoms with Crippen LogP contribution in [-0.4, -0.2) is 35.2 Å². The maximum atomic E-state index is 10.7. The zero-order chi connectivity index (χ0) is 15.4. The Morgan fingerprint density at radius 3 is 2.05 bits per heavy atom. The lowest BCUT2D eigenvalue weighted by molar-refractivity contribution is 0.00585. The molecule has 116 valence electrons. The summed E-state index contributed by atoms with van der Waals surface area (Å²) >= 11 is 0. The van der Waals surface area contributed by atoms with Gasteiger partial charge in [0.1, 0.15) is 0 Å². The molecule has 0 amide bonds. The first kappa shape index (κ1) is 15.3. The Balaban J connectivity index is 2.04. The minimum Gasteiger partial charge on any atom is -0.391 e. The van der Waals surface area contributed by atoms with Gasteiger partial charge in [-0.15, -0.1) is 0 Å². The molecule has 0 aromatic heterocycles. The van der Waals surface area contributed by atoms with Gasteiger partial charge in [-0.1, -0.05) is 67.6 Å². The van der Waals surface area contributed by atoms with Gasteiger partial charge in [0.25, 0.3) is 0 Å². The second kappa shape index (κ2) is 7.08. The number of benzene rings is 2. The summed E-state index contributed by atoms with van der Waals surface area (Å²) < 4.78 is 0. The maximum absolute atomic E-state index is 10.7. The molecular weight excluding hydrogens is 270 g/mol. The highest BCUT2D eigenvalue weighted by Gasteiger charge is 2.36. The van der Waals surface area contributed by atoms with E-state index in [1.54, 1.807) is 0 Å². The molecule has 0 saturated carbocycles. The molecule has 1 heterocycles. The van der Waals surface area contributed by atoms with Crippen LogP contribution in [0.5, 0.6) is 0 Å². The average molecular weight is 295 g/mol. The summed E-state index contributed by atoms with van der Waals surface area (Å²) in [5, 5.41) is 10.7. The lowest BCUT2D eigenvalue weighted by Gasteiger charge is -2.43. The highest BCUT2D eigenvalue weighted by molar-refractivity contribution is 5.35. The lowest BCUT2D eigenvalue weighted by Crippen LogP contribution is -2.51. The molecule has 1 aliphatic heterocycles. The fourth-order valence-corrected chi connectivity index (χ4v) is 3.78. The standard InChI is InChI=1S/C20H25NO/c1-2-21-15-9-14-18(22)20(21)19(16-10-5-3-6-11-16)17-12-7-4-8-13-17/h3-8,10-13,18-20,22H,2,9,14-15H2,1H3/t18-,20+/m0/s1. The Morgan fingerprint density at radius 1 is 1.00 bits per heavy atom. The number of likely N-dealkylation sites (N-methyl/N-ethyl adjacent to an activating group) is 1. The SMILES string of the molecule is CCN1CCC[C@H](O)[C@@H]1C(c1ccccc1)c1ccccc1. The van der Waals surface area contributed by atoms with Gasteiger partial charge in [0.2, 0.25) is 0 Å². The van der Waals surface area contributed by atoms with Crippen molar-refractivity contribution in [2.45, 2.75) is 37.8 Å². The van der Waals surface area contributed by atoms with Crippen molar-refractivity contribution < 1.29 is 5.11 Å². The number of hydrogen-bond donors (Lipinski definition) is 1. The number of likely N-dealkylation sites (tertiary alicyclic amines) is 1. The van der Waals surface area contributed by atoms with Crippen molar-refractivity contribution >= 4 is 0 Å². The molecule has 3 rings (SSSR count). The summed E-state index contributed by atoms with van der Waals surface area (Å²) in [5.74, 6) is 0.220. The molecule has 1 aliphatic rings. The first-order valence-corrected chi connectivity index (χ1v) is 8.33. The molecule has 1 saturated heterocycles. The van der Waals surface area contributed by atoms with Gasteiger partial charge in [0.05, 0.1) is 6.10 Å². The monoisotopic (exact) mass is 295 g/mol. The van der Waals surface area contributed by atoms with E-state index in [0.29, 0.717) is 0 Å². The lowest BCUT2D eigenvalue weighted by atomic mass is 9.79. The molecule has 2 nitrogen and oxygen atoms in total. The van der Waals surface area contributed by atoms with Gasteiger partial charge in [-0.2, -0.15) is 0 Å². The Morgan fingerprint density at radius 2 is 1.55 bits per heavy atom. The molecule has 2 heteroatoms. The third-order valence-corrected chi connectivity index (χ3v) is 4.83. The van der Waals surface area contributed by atoms with Crippen LogP contribution in [0.4, 0.5) is 0 Å². The van der Waals surface area contributed by atoms with Gasteiger partial charge in [0, 0.05) is 12.0 Å². The van der Waals surface area contributed by atoms with Gasteiger partial charge >= 0.3 is 0 Å². The van der Waals surface area contributed by atoms with Crippen LogP contribution in [0.3, 0.4) is 0 Å². The fourth-order valence-electron chi connectivity index (χ4n) is 3.78. The zero-order valence-corrected chi connectivity index (χ0v) is 13.2. The molecular formula is C20H25NO. The van der Waals surface area contributed by atoms with E-state index in [1.165, 1.54) is 11.1 Å². The van der Waals surface area contributed by atoms with Crippen molar-refractivity contribution in [1.29, 1.82) is 0 Å². The van der Waals surface area contributed by atoms with E-state index in [9.17, 15) is 5.11 Å². The molecule has 2 atom stereocenters. The number of piperidine rings is 1. The number of nitrogens with zero attached hydrogens (tertiary/aromatic N) is 1. The van der Waals surface area contributed by atoms with Gasteiger partial charge in [-0.3, -0.25) is 4.90 Å². The molecule has 0 radical (unpaired) electrons. The summed E-state index contributed by atoms with van der Waals surface area (Å²) in [6.45, 7) is 4.25. The van der Waals surface area contributed by atoms with Crippen LogP contribution < -0.4 is 0 Å².